The fraction of sp³-hybridized carbons (Fsp3) is 0.393. The first-order valence-corrected chi connectivity index (χ1v) is 13.0. The molecular formula is C28H32ClN5O5. The van der Waals surface area contributed by atoms with Crippen molar-refractivity contribution in [1.29, 1.82) is 0 Å². The van der Waals surface area contributed by atoms with Gasteiger partial charge < -0.3 is 14.4 Å². The van der Waals surface area contributed by atoms with Gasteiger partial charge in [-0.2, -0.15) is 5.10 Å². The molecule has 4 rings (SSSR count). The molecule has 1 aliphatic heterocycles. The molecule has 1 aliphatic rings. The zero-order valence-electron chi connectivity index (χ0n) is 22.7. The maximum atomic E-state index is 14.0. The largest absolute Gasteiger partial charge is 0.464 e. The van der Waals surface area contributed by atoms with E-state index in [-0.39, 0.29) is 18.5 Å². The number of pyridine rings is 1. The number of carbonyl (C=O) groups is 3. The van der Waals surface area contributed by atoms with Gasteiger partial charge in [0.25, 0.3) is 5.91 Å². The molecule has 10 nitrogen and oxygen atoms in total. The van der Waals surface area contributed by atoms with E-state index in [0.29, 0.717) is 52.6 Å². The first kappa shape index (κ1) is 28.1. The molecule has 0 saturated carbocycles. The number of aromatic nitrogens is 3. The van der Waals surface area contributed by atoms with Crippen molar-refractivity contribution in [2.45, 2.75) is 45.3 Å². The molecule has 2 amide bonds. The second-order valence-electron chi connectivity index (χ2n) is 10.3. The summed E-state index contributed by atoms with van der Waals surface area (Å²) in [6, 6.07) is 9.89. The first-order chi connectivity index (χ1) is 18.5. The lowest BCUT2D eigenvalue weighted by Gasteiger charge is -2.39. The Morgan fingerprint density at radius 2 is 1.85 bits per heavy atom. The number of likely N-dealkylation sites (tertiary alicyclic amines) is 1. The summed E-state index contributed by atoms with van der Waals surface area (Å²) < 4.78 is 11.9. The lowest BCUT2D eigenvalue weighted by molar-refractivity contribution is 0.0195. The molecule has 0 N–H and O–H groups in total. The Hall–Kier alpha value is -3.92. The molecular weight excluding hydrogens is 522 g/mol. The number of aryl methyl sites for hydroxylation is 1. The van der Waals surface area contributed by atoms with Crippen molar-refractivity contribution in [1.82, 2.24) is 19.7 Å². The van der Waals surface area contributed by atoms with Gasteiger partial charge in [0.1, 0.15) is 5.60 Å². The van der Waals surface area contributed by atoms with Gasteiger partial charge >= 0.3 is 12.1 Å². The summed E-state index contributed by atoms with van der Waals surface area (Å²) in [7, 11) is 2.97. The van der Waals surface area contributed by atoms with Gasteiger partial charge in [0.2, 0.25) is 0 Å². The Balaban J connectivity index is 1.65. The summed E-state index contributed by atoms with van der Waals surface area (Å²) >= 11 is 6.51. The number of ether oxygens (including phenoxy) is 2. The number of esters is 1. The predicted molar refractivity (Wildman–Crippen MR) is 147 cm³/mol. The maximum Gasteiger partial charge on any atom is 0.410 e. The van der Waals surface area contributed by atoms with Gasteiger partial charge in [-0.3, -0.25) is 14.4 Å². The van der Waals surface area contributed by atoms with Gasteiger partial charge in [0, 0.05) is 37.5 Å². The number of nitrogens with zero attached hydrogens (tertiary/aromatic N) is 5. The standard InChI is InChI=1S/C28H32ClN5O5/c1-28(2,3)39-27(37)33-15-7-8-20(17-33)34(24-22(29)9-6-14-30-24)25(35)19-12-10-18(11-13-19)21-16-31-32(4)23(21)26(36)38-5/h6,9-14,16,20H,7-8,15,17H2,1-5H3. The molecule has 1 unspecified atom stereocenters. The molecule has 3 heterocycles. The van der Waals surface area contributed by atoms with E-state index in [0.717, 1.165) is 0 Å². The van der Waals surface area contributed by atoms with Crippen LogP contribution in [-0.2, 0) is 16.5 Å². The number of benzene rings is 1. The summed E-state index contributed by atoms with van der Waals surface area (Å²) in [5, 5.41) is 4.51. The molecule has 39 heavy (non-hydrogen) atoms. The first-order valence-electron chi connectivity index (χ1n) is 12.6. The number of piperidine rings is 1. The van der Waals surface area contributed by atoms with Crippen molar-refractivity contribution < 1.29 is 23.9 Å². The minimum absolute atomic E-state index is 0.282. The average molecular weight is 554 g/mol. The molecule has 1 fully saturated rings. The number of anilines is 1. The molecule has 2 aromatic heterocycles. The van der Waals surface area contributed by atoms with Crippen molar-refractivity contribution in [2.75, 3.05) is 25.1 Å². The summed E-state index contributed by atoms with van der Waals surface area (Å²) in [4.78, 5) is 46.7. The van der Waals surface area contributed by atoms with Gasteiger partial charge in [-0.25, -0.2) is 14.6 Å². The van der Waals surface area contributed by atoms with Gasteiger partial charge in [0.15, 0.2) is 11.5 Å². The van der Waals surface area contributed by atoms with Crippen LogP contribution < -0.4 is 4.90 Å². The quantitative estimate of drug-likeness (QED) is 0.411. The van der Waals surface area contributed by atoms with Gasteiger partial charge in [-0.15, -0.1) is 0 Å². The van der Waals surface area contributed by atoms with Crippen LogP contribution >= 0.6 is 11.6 Å². The molecule has 1 aromatic carbocycles. The van der Waals surface area contributed by atoms with Gasteiger partial charge in [-0.1, -0.05) is 23.7 Å². The summed E-state index contributed by atoms with van der Waals surface area (Å²) in [6.07, 6.45) is 4.09. The zero-order chi connectivity index (χ0) is 28.3. The van der Waals surface area contributed by atoms with E-state index in [1.807, 2.05) is 20.8 Å². The van der Waals surface area contributed by atoms with Crippen molar-refractivity contribution >= 4 is 35.4 Å². The minimum atomic E-state index is -0.631. The summed E-state index contributed by atoms with van der Waals surface area (Å²) in [5.41, 5.74) is 1.37. The Bertz CT molecular complexity index is 1370. The summed E-state index contributed by atoms with van der Waals surface area (Å²) in [6.45, 7) is 6.27. The Labute approximate surface area is 232 Å². The fourth-order valence-electron chi connectivity index (χ4n) is 4.57. The smallest absolute Gasteiger partial charge is 0.410 e. The highest BCUT2D eigenvalue weighted by molar-refractivity contribution is 6.33. The number of hydrogen-bond acceptors (Lipinski definition) is 7. The topological polar surface area (TPSA) is 107 Å². The Kier molecular flexibility index (Phi) is 8.25. The Morgan fingerprint density at radius 3 is 2.49 bits per heavy atom. The third-order valence-corrected chi connectivity index (χ3v) is 6.65. The van der Waals surface area contributed by atoms with Crippen LogP contribution in [-0.4, -0.2) is 69.5 Å². The highest BCUT2D eigenvalue weighted by Crippen LogP contribution is 2.31. The molecule has 0 bridgehead atoms. The van der Waals surface area contributed by atoms with E-state index in [1.165, 1.54) is 11.8 Å². The second kappa shape index (κ2) is 11.4. The van der Waals surface area contributed by atoms with E-state index >= 15 is 0 Å². The van der Waals surface area contributed by atoms with E-state index in [1.54, 1.807) is 65.6 Å². The molecule has 206 valence electrons. The number of carbonyl (C=O) groups excluding carboxylic acids is 3. The molecule has 0 radical (unpaired) electrons. The number of rotatable bonds is 5. The number of methoxy groups -OCH3 is 1. The SMILES string of the molecule is COC(=O)c1c(-c2ccc(C(=O)N(c3ncccc3Cl)C3CCCN(C(=O)OC(C)(C)C)C3)cc2)cnn1C. The molecule has 3 aromatic rings. The molecule has 0 spiro atoms. The van der Waals surface area contributed by atoms with E-state index in [9.17, 15) is 14.4 Å². The van der Waals surface area contributed by atoms with Crippen LogP contribution in [0, 0.1) is 0 Å². The number of halogens is 1. The van der Waals surface area contributed by atoms with Crippen LogP contribution in [0.5, 0.6) is 0 Å². The van der Waals surface area contributed by atoms with Crippen LogP contribution in [0.25, 0.3) is 11.1 Å². The zero-order valence-corrected chi connectivity index (χ0v) is 23.4. The van der Waals surface area contributed by atoms with Crippen LogP contribution in [0.3, 0.4) is 0 Å². The van der Waals surface area contributed by atoms with E-state index in [2.05, 4.69) is 10.1 Å². The van der Waals surface area contributed by atoms with Crippen LogP contribution in [0.2, 0.25) is 5.02 Å². The van der Waals surface area contributed by atoms with Crippen LogP contribution in [0.4, 0.5) is 10.6 Å². The van der Waals surface area contributed by atoms with Crippen LogP contribution in [0.1, 0.15) is 54.5 Å². The van der Waals surface area contributed by atoms with E-state index in [4.69, 9.17) is 21.1 Å². The molecule has 11 heteroatoms. The normalized spacial score (nSPS) is 15.5. The Morgan fingerprint density at radius 1 is 1.13 bits per heavy atom. The highest BCUT2D eigenvalue weighted by Gasteiger charge is 2.35. The third kappa shape index (κ3) is 6.22. The van der Waals surface area contributed by atoms with Crippen molar-refractivity contribution in [3.05, 3.63) is 65.1 Å². The lowest BCUT2D eigenvalue weighted by atomic mass is 10.0. The molecule has 1 saturated heterocycles. The predicted octanol–water partition coefficient (Wildman–Crippen LogP) is 4.97. The minimum Gasteiger partial charge on any atom is -0.464 e. The monoisotopic (exact) mass is 553 g/mol. The highest BCUT2D eigenvalue weighted by atomic mass is 35.5. The third-order valence-electron chi connectivity index (χ3n) is 6.36. The number of amides is 2. The molecule has 1 atom stereocenters. The fourth-order valence-corrected chi connectivity index (χ4v) is 4.78. The van der Waals surface area contributed by atoms with Crippen molar-refractivity contribution in [3.8, 4) is 11.1 Å². The van der Waals surface area contributed by atoms with Crippen LogP contribution in [0.15, 0.2) is 48.8 Å². The number of hydrogen-bond donors (Lipinski definition) is 0. The lowest BCUT2D eigenvalue weighted by Crippen LogP contribution is -2.53. The second-order valence-corrected chi connectivity index (χ2v) is 10.7. The maximum absolute atomic E-state index is 14.0. The van der Waals surface area contributed by atoms with Crippen molar-refractivity contribution in [3.63, 3.8) is 0 Å². The summed E-state index contributed by atoms with van der Waals surface area (Å²) in [5.74, 6) is -0.491. The van der Waals surface area contributed by atoms with E-state index < -0.39 is 17.7 Å². The average Bonchev–Trinajstić information content (AvgIpc) is 3.30. The van der Waals surface area contributed by atoms with Gasteiger partial charge in [-0.05, 0) is 63.4 Å². The van der Waals surface area contributed by atoms with Gasteiger partial charge in [0.05, 0.1) is 24.4 Å². The van der Waals surface area contributed by atoms with Crippen molar-refractivity contribution in [2.24, 2.45) is 7.05 Å². The molecule has 0 aliphatic carbocycles.